The van der Waals surface area contributed by atoms with E-state index >= 15 is 0 Å². The van der Waals surface area contributed by atoms with Gasteiger partial charge in [0.1, 0.15) is 12.1 Å². The van der Waals surface area contributed by atoms with Gasteiger partial charge < -0.3 is 19.8 Å². The highest BCUT2D eigenvalue weighted by Gasteiger charge is 2.35. The summed E-state index contributed by atoms with van der Waals surface area (Å²) < 4.78 is 25.1. The van der Waals surface area contributed by atoms with E-state index < -0.39 is 0 Å². The molecule has 0 amide bonds. The average molecular weight is 564 g/mol. The van der Waals surface area contributed by atoms with Gasteiger partial charge in [0, 0.05) is 37.8 Å². The van der Waals surface area contributed by atoms with Crippen molar-refractivity contribution in [2.24, 2.45) is 4.99 Å². The molecule has 8 heteroatoms. The van der Waals surface area contributed by atoms with Crippen molar-refractivity contribution in [3.05, 3.63) is 77.4 Å². The summed E-state index contributed by atoms with van der Waals surface area (Å²) in [5.74, 6) is 1.04. The van der Waals surface area contributed by atoms with E-state index in [0.717, 1.165) is 29.7 Å². The number of benzene rings is 2. The molecule has 3 aromatic rings. The first-order valence-electron chi connectivity index (χ1n) is 10.9. The highest BCUT2D eigenvalue weighted by Crippen LogP contribution is 2.34. The van der Waals surface area contributed by atoms with Gasteiger partial charge in [-0.3, -0.25) is 4.99 Å². The molecule has 2 aromatic carbocycles. The van der Waals surface area contributed by atoms with E-state index in [9.17, 15) is 4.39 Å². The number of hydrogen-bond acceptors (Lipinski definition) is 4. The molecule has 4 rings (SSSR count). The minimum atomic E-state index is -0.216. The fraction of sp³-hybridized carbons (Fsp3) is 0.360. The van der Waals surface area contributed by atoms with E-state index in [1.54, 1.807) is 25.4 Å². The van der Waals surface area contributed by atoms with Crippen LogP contribution < -0.4 is 10.6 Å². The predicted octanol–water partition coefficient (Wildman–Crippen LogP) is 4.82. The summed E-state index contributed by atoms with van der Waals surface area (Å²) in [6.07, 6.45) is 3.30. The standard InChI is InChI=1S/C25H29FN4O2.HI/c1-18-6-8-19(9-7-18)23-30-22(16-32-23)15-28-24(27-2)29-17-25(10-12-31-13-11-25)20-4-3-5-21(26)14-20;/h3-9,14,16H,10-13,15,17H2,1-2H3,(H2,27,28,29);1H. The van der Waals surface area contributed by atoms with Crippen LogP contribution in [0.2, 0.25) is 0 Å². The molecule has 2 heterocycles. The molecule has 2 N–H and O–H groups in total. The van der Waals surface area contributed by atoms with Gasteiger partial charge in [-0.1, -0.05) is 29.8 Å². The first-order valence-corrected chi connectivity index (χ1v) is 10.9. The molecule has 1 aliphatic heterocycles. The Hall–Kier alpha value is -2.46. The van der Waals surface area contributed by atoms with Crippen molar-refractivity contribution in [2.75, 3.05) is 26.8 Å². The van der Waals surface area contributed by atoms with Crippen molar-refractivity contribution in [1.82, 2.24) is 15.6 Å². The summed E-state index contributed by atoms with van der Waals surface area (Å²) in [4.78, 5) is 8.90. The number of aliphatic imine (C=N–C) groups is 1. The van der Waals surface area contributed by atoms with Crippen LogP contribution in [-0.2, 0) is 16.7 Å². The first-order chi connectivity index (χ1) is 15.6. The van der Waals surface area contributed by atoms with Gasteiger partial charge in [0.2, 0.25) is 5.89 Å². The van der Waals surface area contributed by atoms with E-state index in [0.29, 0.717) is 38.2 Å². The molecular weight excluding hydrogens is 534 g/mol. The van der Waals surface area contributed by atoms with Crippen LogP contribution in [0, 0.1) is 12.7 Å². The van der Waals surface area contributed by atoms with Gasteiger partial charge in [-0.2, -0.15) is 0 Å². The van der Waals surface area contributed by atoms with Crippen LogP contribution in [0.25, 0.3) is 11.5 Å². The third-order valence-corrected chi connectivity index (χ3v) is 5.99. The zero-order chi connectivity index (χ0) is 22.4. The lowest BCUT2D eigenvalue weighted by Gasteiger charge is -2.38. The predicted molar refractivity (Wildman–Crippen MR) is 138 cm³/mol. The Morgan fingerprint density at radius 1 is 1.12 bits per heavy atom. The van der Waals surface area contributed by atoms with Crippen molar-refractivity contribution >= 4 is 29.9 Å². The first kappa shape index (κ1) is 25.2. The van der Waals surface area contributed by atoms with Crippen LogP contribution >= 0.6 is 24.0 Å². The summed E-state index contributed by atoms with van der Waals surface area (Å²) in [6.45, 7) is 4.47. The lowest BCUT2D eigenvalue weighted by molar-refractivity contribution is 0.0513. The third kappa shape index (κ3) is 6.32. The number of aromatic nitrogens is 1. The Bertz CT molecular complexity index is 1060. The maximum Gasteiger partial charge on any atom is 0.226 e. The Labute approximate surface area is 211 Å². The minimum absolute atomic E-state index is 0. The Balaban J connectivity index is 0.00000306. The van der Waals surface area contributed by atoms with Crippen LogP contribution in [0.1, 0.15) is 29.7 Å². The number of oxazole rings is 1. The summed E-state index contributed by atoms with van der Waals surface area (Å²) in [5, 5.41) is 6.71. The van der Waals surface area contributed by atoms with E-state index in [1.165, 1.54) is 11.6 Å². The second kappa shape index (κ2) is 11.6. The highest BCUT2D eigenvalue weighted by atomic mass is 127. The minimum Gasteiger partial charge on any atom is -0.444 e. The second-order valence-electron chi connectivity index (χ2n) is 8.19. The van der Waals surface area contributed by atoms with E-state index in [2.05, 4.69) is 20.6 Å². The normalized spacial score (nSPS) is 15.5. The van der Waals surface area contributed by atoms with Crippen molar-refractivity contribution in [1.29, 1.82) is 0 Å². The van der Waals surface area contributed by atoms with Crippen molar-refractivity contribution < 1.29 is 13.5 Å². The quantitative estimate of drug-likeness (QED) is 0.255. The lowest BCUT2D eigenvalue weighted by Crippen LogP contribution is -2.48. The van der Waals surface area contributed by atoms with Crippen molar-refractivity contribution in [3.8, 4) is 11.5 Å². The number of rotatable bonds is 6. The molecule has 1 saturated heterocycles. The maximum atomic E-state index is 13.9. The van der Waals surface area contributed by atoms with Crippen LogP contribution in [0.5, 0.6) is 0 Å². The Morgan fingerprint density at radius 2 is 1.88 bits per heavy atom. The number of hydrogen-bond donors (Lipinski definition) is 2. The molecule has 0 spiro atoms. The lowest BCUT2D eigenvalue weighted by atomic mass is 9.74. The Kier molecular flexibility index (Phi) is 8.85. The molecule has 176 valence electrons. The van der Waals surface area contributed by atoms with Gasteiger partial charge in [0.05, 0.1) is 12.2 Å². The zero-order valence-electron chi connectivity index (χ0n) is 18.9. The van der Waals surface area contributed by atoms with Crippen LogP contribution in [0.3, 0.4) is 0 Å². The molecule has 33 heavy (non-hydrogen) atoms. The molecule has 0 atom stereocenters. The van der Waals surface area contributed by atoms with Crippen LogP contribution in [0.4, 0.5) is 4.39 Å². The van der Waals surface area contributed by atoms with Gasteiger partial charge in [0.25, 0.3) is 0 Å². The third-order valence-electron chi connectivity index (χ3n) is 5.99. The fourth-order valence-electron chi connectivity index (χ4n) is 4.01. The van der Waals surface area contributed by atoms with Gasteiger partial charge in [-0.25, -0.2) is 9.37 Å². The van der Waals surface area contributed by atoms with Crippen molar-refractivity contribution in [2.45, 2.75) is 31.7 Å². The SMILES string of the molecule is CN=C(NCc1coc(-c2ccc(C)cc2)n1)NCC1(c2cccc(F)c2)CCOCC1.I. The number of aryl methyl sites for hydroxylation is 1. The highest BCUT2D eigenvalue weighted by molar-refractivity contribution is 14.0. The molecular formula is C25H30FIN4O2. The number of halogens is 2. The molecule has 0 saturated carbocycles. The summed E-state index contributed by atoms with van der Waals surface area (Å²) in [6, 6.07) is 14.9. The summed E-state index contributed by atoms with van der Waals surface area (Å²) >= 11 is 0. The molecule has 1 fully saturated rings. The van der Waals surface area contributed by atoms with Crippen molar-refractivity contribution in [3.63, 3.8) is 0 Å². The van der Waals surface area contributed by atoms with Crippen LogP contribution in [0.15, 0.2) is 64.2 Å². The van der Waals surface area contributed by atoms with Gasteiger partial charge in [-0.05, 0) is 49.6 Å². The molecule has 0 unspecified atom stereocenters. The number of nitrogens with one attached hydrogen (secondary N) is 2. The smallest absolute Gasteiger partial charge is 0.226 e. The van der Waals surface area contributed by atoms with Gasteiger partial charge in [-0.15, -0.1) is 24.0 Å². The van der Waals surface area contributed by atoms with E-state index in [-0.39, 0.29) is 35.2 Å². The number of ether oxygens (including phenoxy) is 1. The summed E-state index contributed by atoms with van der Waals surface area (Å²) in [7, 11) is 1.73. The van der Waals surface area contributed by atoms with E-state index in [4.69, 9.17) is 9.15 Å². The Morgan fingerprint density at radius 3 is 2.58 bits per heavy atom. The molecule has 6 nitrogen and oxygen atoms in total. The molecule has 1 aromatic heterocycles. The fourth-order valence-corrected chi connectivity index (χ4v) is 4.01. The second-order valence-corrected chi connectivity index (χ2v) is 8.19. The molecule has 0 bridgehead atoms. The summed E-state index contributed by atoms with van der Waals surface area (Å²) in [5.41, 5.74) is 3.71. The monoisotopic (exact) mass is 564 g/mol. The zero-order valence-corrected chi connectivity index (χ0v) is 21.3. The largest absolute Gasteiger partial charge is 0.444 e. The topological polar surface area (TPSA) is 71.7 Å². The number of nitrogens with zero attached hydrogens (tertiary/aromatic N) is 2. The number of guanidine groups is 1. The van der Waals surface area contributed by atoms with Crippen LogP contribution in [-0.4, -0.2) is 37.7 Å². The molecule has 1 aliphatic rings. The average Bonchev–Trinajstić information content (AvgIpc) is 3.29. The van der Waals surface area contributed by atoms with E-state index in [1.807, 2.05) is 37.3 Å². The molecule has 0 aliphatic carbocycles. The maximum absolute atomic E-state index is 13.9. The van der Waals surface area contributed by atoms with Gasteiger partial charge in [0.15, 0.2) is 5.96 Å². The van der Waals surface area contributed by atoms with Gasteiger partial charge >= 0.3 is 0 Å². The molecule has 0 radical (unpaired) electrons.